The van der Waals surface area contributed by atoms with Crippen molar-refractivity contribution in [1.82, 2.24) is 9.97 Å². The Kier molecular flexibility index (Phi) is 3.10. The number of hydrogen-bond acceptors (Lipinski definition) is 3. The zero-order valence-corrected chi connectivity index (χ0v) is 10.2. The summed E-state index contributed by atoms with van der Waals surface area (Å²) < 4.78 is 0.790. The van der Waals surface area contributed by atoms with Gasteiger partial charge in [0.05, 0.1) is 0 Å². The minimum atomic E-state index is -0.0682. The monoisotopic (exact) mass is 276 g/mol. The quantitative estimate of drug-likeness (QED) is 0.793. The minimum absolute atomic E-state index is 0.0682. The summed E-state index contributed by atoms with van der Waals surface area (Å²) in [5.74, 6) is -0.0682. The lowest BCUT2D eigenvalue weighted by atomic mass is 10.1. The van der Waals surface area contributed by atoms with Crippen molar-refractivity contribution in [2.75, 3.05) is 0 Å². The highest BCUT2D eigenvalue weighted by Gasteiger charge is 2.09. The van der Waals surface area contributed by atoms with Gasteiger partial charge >= 0.3 is 0 Å². The van der Waals surface area contributed by atoms with Crippen LogP contribution in [0.1, 0.15) is 21.6 Å². The lowest BCUT2D eigenvalue weighted by molar-refractivity contribution is 0.103. The van der Waals surface area contributed by atoms with E-state index in [2.05, 4.69) is 25.9 Å². The SMILES string of the molecule is Cc1ccc(C(=O)c2cncc(Br)c2)cn1. The van der Waals surface area contributed by atoms with E-state index in [1.165, 1.54) is 0 Å². The summed E-state index contributed by atoms with van der Waals surface area (Å²) in [4.78, 5) is 20.1. The van der Waals surface area contributed by atoms with Crippen molar-refractivity contribution in [3.05, 3.63) is 58.1 Å². The molecule has 2 rings (SSSR count). The molecule has 0 bridgehead atoms. The van der Waals surface area contributed by atoms with E-state index in [0.717, 1.165) is 10.2 Å². The average Bonchev–Trinajstić information content (AvgIpc) is 2.29. The maximum atomic E-state index is 12.0. The summed E-state index contributed by atoms with van der Waals surface area (Å²) in [7, 11) is 0. The molecule has 2 aromatic heterocycles. The van der Waals surface area contributed by atoms with Crippen LogP contribution in [-0.2, 0) is 0 Å². The van der Waals surface area contributed by atoms with Gasteiger partial charge in [0.2, 0.25) is 0 Å². The number of aryl methyl sites for hydroxylation is 1. The van der Waals surface area contributed by atoms with Crippen LogP contribution in [0.5, 0.6) is 0 Å². The molecule has 80 valence electrons. The highest BCUT2D eigenvalue weighted by Crippen LogP contribution is 2.13. The molecule has 0 aliphatic carbocycles. The molecular weight excluding hydrogens is 268 g/mol. The third kappa shape index (κ3) is 2.33. The maximum Gasteiger partial charge on any atom is 0.196 e. The van der Waals surface area contributed by atoms with Gasteiger partial charge in [-0.1, -0.05) is 0 Å². The van der Waals surface area contributed by atoms with Gasteiger partial charge in [-0.25, -0.2) is 0 Å². The van der Waals surface area contributed by atoms with Crippen molar-refractivity contribution in [2.24, 2.45) is 0 Å². The highest BCUT2D eigenvalue weighted by atomic mass is 79.9. The van der Waals surface area contributed by atoms with Crippen molar-refractivity contribution in [2.45, 2.75) is 6.92 Å². The van der Waals surface area contributed by atoms with Crippen LogP contribution in [0.3, 0.4) is 0 Å². The highest BCUT2D eigenvalue weighted by molar-refractivity contribution is 9.10. The Morgan fingerprint density at radius 1 is 1.19 bits per heavy atom. The first-order valence-electron chi connectivity index (χ1n) is 4.75. The number of carbonyl (C=O) groups is 1. The van der Waals surface area contributed by atoms with E-state index in [1.807, 2.05) is 13.0 Å². The van der Waals surface area contributed by atoms with Crippen LogP contribution >= 0.6 is 15.9 Å². The minimum Gasteiger partial charge on any atom is -0.288 e. The molecule has 4 heteroatoms. The lowest BCUT2D eigenvalue weighted by Gasteiger charge is -2.01. The zero-order valence-electron chi connectivity index (χ0n) is 8.64. The van der Waals surface area contributed by atoms with Gasteiger partial charge in [0.1, 0.15) is 0 Å². The number of aromatic nitrogens is 2. The molecule has 2 aromatic rings. The van der Waals surface area contributed by atoms with Crippen molar-refractivity contribution >= 4 is 21.7 Å². The summed E-state index contributed by atoms with van der Waals surface area (Å²) in [6, 6.07) is 5.33. The molecule has 0 aliphatic rings. The predicted octanol–water partition coefficient (Wildman–Crippen LogP) is 2.78. The Hall–Kier alpha value is -1.55. The third-order valence-electron chi connectivity index (χ3n) is 2.14. The number of ketones is 1. The van der Waals surface area contributed by atoms with Crippen LogP contribution < -0.4 is 0 Å². The average molecular weight is 277 g/mol. The smallest absolute Gasteiger partial charge is 0.196 e. The molecule has 0 saturated heterocycles. The van der Waals surface area contributed by atoms with E-state index < -0.39 is 0 Å². The summed E-state index contributed by atoms with van der Waals surface area (Å²) in [5, 5.41) is 0. The van der Waals surface area contributed by atoms with Gasteiger partial charge in [-0.3, -0.25) is 14.8 Å². The van der Waals surface area contributed by atoms with Crippen LogP contribution in [0.2, 0.25) is 0 Å². The number of hydrogen-bond donors (Lipinski definition) is 0. The first-order valence-corrected chi connectivity index (χ1v) is 5.54. The van der Waals surface area contributed by atoms with Gasteiger partial charge in [-0.15, -0.1) is 0 Å². The number of nitrogens with zero attached hydrogens (tertiary/aromatic N) is 2. The first kappa shape index (κ1) is 11.0. The summed E-state index contributed by atoms with van der Waals surface area (Å²) in [6.07, 6.45) is 4.77. The Balaban J connectivity index is 2.35. The van der Waals surface area contributed by atoms with Crippen LogP contribution in [-0.4, -0.2) is 15.8 Å². The molecule has 16 heavy (non-hydrogen) atoms. The van der Waals surface area contributed by atoms with Gasteiger partial charge in [0, 0.05) is 39.9 Å². The molecule has 0 spiro atoms. The van der Waals surface area contributed by atoms with Crippen molar-refractivity contribution in [3.63, 3.8) is 0 Å². The zero-order chi connectivity index (χ0) is 11.5. The molecule has 0 fully saturated rings. The van der Waals surface area contributed by atoms with E-state index in [9.17, 15) is 4.79 Å². The fourth-order valence-corrected chi connectivity index (χ4v) is 1.67. The van der Waals surface area contributed by atoms with E-state index >= 15 is 0 Å². The molecule has 3 nitrogen and oxygen atoms in total. The second kappa shape index (κ2) is 4.53. The molecule has 0 amide bonds. The van der Waals surface area contributed by atoms with Crippen LogP contribution in [0.25, 0.3) is 0 Å². The van der Waals surface area contributed by atoms with Gasteiger partial charge in [0.25, 0.3) is 0 Å². The standard InChI is InChI=1S/C12H9BrN2O/c1-8-2-3-9(6-15-8)12(16)10-4-11(13)7-14-5-10/h2-7H,1H3. The van der Waals surface area contributed by atoms with E-state index in [-0.39, 0.29) is 5.78 Å². The molecule has 2 heterocycles. The first-order chi connectivity index (χ1) is 7.66. The van der Waals surface area contributed by atoms with E-state index in [1.54, 1.807) is 30.7 Å². The van der Waals surface area contributed by atoms with Crippen LogP contribution in [0, 0.1) is 6.92 Å². The van der Waals surface area contributed by atoms with Crippen molar-refractivity contribution in [3.8, 4) is 0 Å². The Morgan fingerprint density at radius 3 is 2.62 bits per heavy atom. The second-order valence-corrected chi connectivity index (χ2v) is 4.32. The summed E-state index contributed by atoms with van der Waals surface area (Å²) in [5.41, 5.74) is 2.02. The molecule has 0 unspecified atom stereocenters. The predicted molar refractivity (Wildman–Crippen MR) is 64.3 cm³/mol. The molecule has 0 saturated carbocycles. The molecule has 0 aromatic carbocycles. The topological polar surface area (TPSA) is 42.9 Å². The van der Waals surface area contributed by atoms with E-state index in [0.29, 0.717) is 11.1 Å². The second-order valence-electron chi connectivity index (χ2n) is 3.41. The normalized spacial score (nSPS) is 10.1. The van der Waals surface area contributed by atoms with Crippen LogP contribution in [0.15, 0.2) is 41.3 Å². The third-order valence-corrected chi connectivity index (χ3v) is 2.57. The summed E-state index contributed by atoms with van der Waals surface area (Å²) >= 11 is 3.28. The Morgan fingerprint density at radius 2 is 2.00 bits per heavy atom. The Labute approximate surface area is 102 Å². The van der Waals surface area contributed by atoms with Gasteiger partial charge in [0.15, 0.2) is 5.78 Å². The summed E-state index contributed by atoms with van der Waals surface area (Å²) in [6.45, 7) is 1.88. The van der Waals surface area contributed by atoms with Crippen molar-refractivity contribution < 1.29 is 4.79 Å². The molecule has 0 N–H and O–H groups in total. The van der Waals surface area contributed by atoms with Gasteiger partial charge < -0.3 is 0 Å². The lowest BCUT2D eigenvalue weighted by Crippen LogP contribution is -2.02. The van der Waals surface area contributed by atoms with Crippen molar-refractivity contribution in [1.29, 1.82) is 0 Å². The molecule has 0 atom stereocenters. The number of halogens is 1. The largest absolute Gasteiger partial charge is 0.288 e. The molecule has 0 radical (unpaired) electrons. The van der Waals surface area contributed by atoms with Crippen LogP contribution in [0.4, 0.5) is 0 Å². The molecular formula is C12H9BrN2O. The Bertz CT molecular complexity index is 523. The van der Waals surface area contributed by atoms with Gasteiger partial charge in [-0.05, 0) is 41.1 Å². The van der Waals surface area contributed by atoms with E-state index in [4.69, 9.17) is 0 Å². The van der Waals surface area contributed by atoms with Gasteiger partial charge in [-0.2, -0.15) is 0 Å². The fourth-order valence-electron chi connectivity index (χ4n) is 1.30. The number of pyridine rings is 2. The molecule has 0 aliphatic heterocycles. The number of rotatable bonds is 2. The maximum absolute atomic E-state index is 12.0. The fraction of sp³-hybridized carbons (Fsp3) is 0.0833. The number of carbonyl (C=O) groups excluding carboxylic acids is 1.